The van der Waals surface area contributed by atoms with E-state index in [0.29, 0.717) is 18.6 Å². The fourth-order valence-corrected chi connectivity index (χ4v) is 6.77. The fraction of sp³-hybridized carbons (Fsp3) is 0.571. The number of aromatic nitrogens is 1. The second-order valence-electron chi connectivity index (χ2n) is 11.9. The Bertz CT molecular complexity index is 1250. The first-order valence-corrected chi connectivity index (χ1v) is 14.1. The van der Waals surface area contributed by atoms with Crippen LogP contribution in [-0.2, 0) is 14.3 Å². The van der Waals surface area contributed by atoms with Crippen molar-refractivity contribution in [2.75, 3.05) is 12.8 Å². The number of likely N-dealkylation sites (N-methyl/N-ethyl adjacent to an activating group) is 1. The van der Waals surface area contributed by atoms with Crippen molar-refractivity contribution in [1.82, 2.24) is 19.7 Å². The molecule has 0 aliphatic carbocycles. The summed E-state index contributed by atoms with van der Waals surface area (Å²) in [4.78, 5) is 56.4. The molecule has 2 aliphatic rings. The topological polar surface area (TPSA) is 101 Å². The van der Waals surface area contributed by atoms with E-state index in [0.717, 1.165) is 10.9 Å². The quantitative estimate of drug-likeness (QED) is 0.624. The van der Waals surface area contributed by atoms with Crippen molar-refractivity contribution in [3.63, 3.8) is 0 Å². The number of fused-ring (bicyclic) bond motifs is 2. The second kappa shape index (κ2) is 10.3. The van der Waals surface area contributed by atoms with Gasteiger partial charge in [0.1, 0.15) is 23.7 Å². The van der Waals surface area contributed by atoms with Gasteiger partial charge in [0.05, 0.1) is 10.9 Å². The van der Waals surface area contributed by atoms with Crippen LogP contribution in [0.15, 0.2) is 36.5 Å². The van der Waals surface area contributed by atoms with Gasteiger partial charge in [-0.1, -0.05) is 32.0 Å². The van der Waals surface area contributed by atoms with Gasteiger partial charge in [-0.15, -0.1) is 11.8 Å². The Morgan fingerprint density at radius 3 is 2.55 bits per heavy atom. The van der Waals surface area contributed by atoms with Crippen LogP contribution in [0.3, 0.4) is 0 Å². The first-order chi connectivity index (χ1) is 17.7. The minimum atomic E-state index is -0.844. The van der Waals surface area contributed by atoms with Gasteiger partial charge >= 0.3 is 6.09 Å². The van der Waals surface area contributed by atoms with Crippen LogP contribution in [0, 0.1) is 5.41 Å². The Labute approximate surface area is 228 Å². The standard InChI is InChI=1S/C28H38N4O5S/c1-17(30(7)26(36)37-27(2,3)4)23(33)29-19-13-15-38-21-16-28(5,6)22(32(21)24(19)34)25(35)31-14-12-18-10-8-9-11-20(18)31/h8-12,14,17,19,21-22H,13,15-16H2,1-7H3,(H,29,33)/t17-,19-,21?,22+/m0/s1. The number of nitrogens with zero attached hydrogens (tertiary/aromatic N) is 3. The number of carbonyl (C=O) groups is 4. The molecular formula is C28H38N4O5S. The maximum atomic E-state index is 14.0. The lowest BCUT2D eigenvalue weighted by molar-refractivity contribution is -0.138. The van der Waals surface area contributed by atoms with Crippen LogP contribution in [0.4, 0.5) is 4.79 Å². The van der Waals surface area contributed by atoms with Crippen molar-refractivity contribution in [2.24, 2.45) is 5.41 Å². The zero-order valence-corrected chi connectivity index (χ0v) is 24.0. The molecule has 2 aromatic rings. The SMILES string of the molecule is C[C@@H](C(=O)N[C@H]1CCSC2CC(C)(C)[C@@H](C(=O)n3ccc4ccccc43)N2C1=O)N(C)C(=O)OC(C)(C)C. The summed E-state index contributed by atoms with van der Waals surface area (Å²) < 4.78 is 7.01. The number of ether oxygens (including phenoxy) is 1. The van der Waals surface area contributed by atoms with Crippen LogP contribution in [0.2, 0.25) is 0 Å². The second-order valence-corrected chi connectivity index (χ2v) is 13.2. The molecule has 0 radical (unpaired) electrons. The van der Waals surface area contributed by atoms with Gasteiger partial charge in [-0.3, -0.25) is 23.9 Å². The number of hydrogen-bond donors (Lipinski definition) is 1. The fourth-order valence-electron chi connectivity index (χ4n) is 5.19. The maximum Gasteiger partial charge on any atom is 0.410 e. The Kier molecular flexibility index (Phi) is 7.58. The highest BCUT2D eigenvalue weighted by molar-refractivity contribution is 7.99. The third kappa shape index (κ3) is 5.41. The average Bonchev–Trinajstić information content (AvgIpc) is 3.34. The molecule has 1 N–H and O–H groups in total. The first kappa shape index (κ1) is 28.0. The molecule has 2 saturated heterocycles. The molecule has 3 amide bonds. The van der Waals surface area contributed by atoms with E-state index >= 15 is 0 Å². The third-order valence-electron chi connectivity index (χ3n) is 7.33. The molecule has 0 saturated carbocycles. The maximum absolute atomic E-state index is 14.0. The van der Waals surface area contributed by atoms with Gasteiger partial charge in [0.15, 0.2) is 0 Å². The molecule has 1 aromatic carbocycles. The van der Waals surface area contributed by atoms with Gasteiger partial charge in [0.2, 0.25) is 11.8 Å². The lowest BCUT2D eigenvalue weighted by atomic mass is 9.84. The predicted octanol–water partition coefficient (Wildman–Crippen LogP) is 4.11. The number of benzene rings is 1. The Hall–Kier alpha value is -3.01. The average molecular weight is 543 g/mol. The van der Waals surface area contributed by atoms with E-state index in [-0.39, 0.29) is 17.2 Å². The van der Waals surface area contributed by atoms with Gasteiger partial charge in [-0.25, -0.2) is 4.79 Å². The van der Waals surface area contributed by atoms with Gasteiger partial charge in [0.25, 0.3) is 5.91 Å². The highest BCUT2D eigenvalue weighted by atomic mass is 32.2. The Morgan fingerprint density at radius 1 is 1.18 bits per heavy atom. The Balaban J connectivity index is 1.55. The number of hydrogen-bond acceptors (Lipinski definition) is 6. The predicted molar refractivity (Wildman–Crippen MR) is 148 cm³/mol. The third-order valence-corrected chi connectivity index (χ3v) is 8.58. The van der Waals surface area contributed by atoms with E-state index in [1.807, 2.05) is 44.2 Å². The molecule has 206 valence electrons. The summed E-state index contributed by atoms with van der Waals surface area (Å²) in [5.74, 6) is -0.200. The van der Waals surface area contributed by atoms with Crippen molar-refractivity contribution in [1.29, 1.82) is 0 Å². The number of para-hydroxylation sites is 1. The number of amides is 3. The smallest absolute Gasteiger partial charge is 0.410 e. The molecule has 0 spiro atoms. The molecule has 9 nitrogen and oxygen atoms in total. The summed E-state index contributed by atoms with van der Waals surface area (Å²) in [6.07, 6.45) is 2.27. The molecular weight excluding hydrogens is 504 g/mol. The monoisotopic (exact) mass is 542 g/mol. The molecule has 2 fully saturated rings. The van der Waals surface area contributed by atoms with Crippen molar-refractivity contribution >= 4 is 46.5 Å². The van der Waals surface area contributed by atoms with E-state index in [1.54, 1.807) is 55.1 Å². The highest BCUT2D eigenvalue weighted by Crippen LogP contribution is 2.47. The van der Waals surface area contributed by atoms with Gasteiger partial charge in [0, 0.05) is 18.6 Å². The number of nitrogens with one attached hydrogen (secondary N) is 1. The van der Waals surface area contributed by atoms with Crippen molar-refractivity contribution in [2.45, 2.75) is 83.5 Å². The van der Waals surface area contributed by atoms with Gasteiger partial charge in [-0.05, 0) is 63.8 Å². The molecule has 1 unspecified atom stereocenters. The summed E-state index contributed by atoms with van der Waals surface area (Å²) in [5, 5.41) is 3.66. The van der Waals surface area contributed by atoms with E-state index in [2.05, 4.69) is 5.32 Å². The number of thioether (sulfide) groups is 1. The largest absolute Gasteiger partial charge is 0.444 e. The summed E-state index contributed by atoms with van der Waals surface area (Å²) in [7, 11) is 1.50. The van der Waals surface area contributed by atoms with Crippen LogP contribution in [-0.4, -0.2) is 80.1 Å². The van der Waals surface area contributed by atoms with Crippen LogP contribution < -0.4 is 5.32 Å². The van der Waals surface area contributed by atoms with E-state index in [4.69, 9.17) is 4.74 Å². The molecule has 38 heavy (non-hydrogen) atoms. The van der Waals surface area contributed by atoms with Crippen LogP contribution in [0.1, 0.15) is 59.2 Å². The van der Waals surface area contributed by atoms with Crippen LogP contribution in [0.25, 0.3) is 10.9 Å². The van der Waals surface area contributed by atoms with Crippen LogP contribution >= 0.6 is 11.8 Å². The molecule has 4 atom stereocenters. The number of rotatable bonds is 4. The van der Waals surface area contributed by atoms with E-state index in [9.17, 15) is 19.2 Å². The lowest BCUT2D eigenvalue weighted by Crippen LogP contribution is -2.57. The highest BCUT2D eigenvalue weighted by Gasteiger charge is 2.54. The van der Waals surface area contributed by atoms with E-state index in [1.165, 1.54) is 11.9 Å². The number of carbonyl (C=O) groups excluding carboxylic acids is 4. The summed E-state index contributed by atoms with van der Waals surface area (Å²) >= 11 is 1.65. The molecule has 1 aromatic heterocycles. The molecule has 2 aliphatic heterocycles. The van der Waals surface area contributed by atoms with Crippen molar-refractivity contribution in [3.05, 3.63) is 36.5 Å². The van der Waals surface area contributed by atoms with Crippen molar-refractivity contribution < 1.29 is 23.9 Å². The zero-order chi connectivity index (χ0) is 28.0. The van der Waals surface area contributed by atoms with Gasteiger partial charge in [-0.2, -0.15) is 0 Å². The summed E-state index contributed by atoms with van der Waals surface area (Å²) in [6, 6.07) is 7.26. The normalized spacial score (nSPS) is 23.9. The van der Waals surface area contributed by atoms with Gasteiger partial charge < -0.3 is 15.0 Å². The minimum Gasteiger partial charge on any atom is -0.444 e. The zero-order valence-electron chi connectivity index (χ0n) is 23.2. The van der Waals surface area contributed by atoms with Crippen molar-refractivity contribution in [3.8, 4) is 0 Å². The molecule has 3 heterocycles. The molecule has 4 rings (SSSR count). The Morgan fingerprint density at radius 2 is 1.87 bits per heavy atom. The van der Waals surface area contributed by atoms with E-state index < -0.39 is 41.1 Å². The summed E-state index contributed by atoms with van der Waals surface area (Å²) in [6.45, 7) is 10.9. The lowest BCUT2D eigenvalue weighted by Gasteiger charge is -2.34. The summed E-state index contributed by atoms with van der Waals surface area (Å²) in [5.41, 5.74) is -0.345. The van der Waals surface area contributed by atoms with Crippen LogP contribution in [0.5, 0.6) is 0 Å². The minimum absolute atomic E-state index is 0.155. The molecule has 10 heteroatoms. The molecule has 0 bridgehead atoms. The first-order valence-electron chi connectivity index (χ1n) is 13.0.